The maximum absolute atomic E-state index is 12.5. The Labute approximate surface area is 291 Å². The fourth-order valence-corrected chi connectivity index (χ4v) is 6.15. The quantitative estimate of drug-likeness (QED) is 0.0523. The van der Waals surface area contributed by atoms with Gasteiger partial charge in [0.05, 0.1) is 6.61 Å². The van der Waals surface area contributed by atoms with Crippen LogP contribution in [0.15, 0.2) is 0 Å². The van der Waals surface area contributed by atoms with Crippen LogP contribution in [0.5, 0.6) is 0 Å². The van der Waals surface area contributed by atoms with Gasteiger partial charge >= 0.3 is 11.9 Å². The van der Waals surface area contributed by atoms with Crippen LogP contribution in [0.3, 0.4) is 0 Å². The first kappa shape index (κ1) is 45.4. The van der Waals surface area contributed by atoms with Gasteiger partial charge in [-0.15, -0.1) is 0 Å². The highest BCUT2D eigenvalue weighted by Crippen LogP contribution is 2.17. The van der Waals surface area contributed by atoms with Crippen molar-refractivity contribution in [2.75, 3.05) is 26.2 Å². The van der Waals surface area contributed by atoms with Crippen molar-refractivity contribution in [3.05, 3.63) is 0 Å². The molecule has 0 saturated carbocycles. The van der Waals surface area contributed by atoms with Crippen LogP contribution in [0, 0.1) is 0 Å². The molecule has 0 aliphatic carbocycles. The smallest absolute Gasteiger partial charge is 0.306 e. The van der Waals surface area contributed by atoms with Crippen LogP contribution in [0.2, 0.25) is 0 Å². The lowest BCUT2D eigenvalue weighted by Crippen LogP contribution is -2.28. The van der Waals surface area contributed by atoms with Crippen molar-refractivity contribution < 1.29 is 23.9 Å². The van der Waals surface area contributed by atoms with Gasteiger partial charge in [-0.2, -0.15) is 0 Å². The van der Waals surface area contributed by atoms with Crippen LogP contribution < -0.4 is 5.73 Å². The van der Waals surface area contributed by atoms with Gasteiger partial charge < -0.3 is 20.1 Å². The molecule has 0 aromatic heterocycles. The van der Waals surface area contributed by atoms with Gasteiger partial charge in [0, 0.05) is 19.3 Å². The standard InChI is InChI=1S/C40H78N2O5/c1-4-7-10-12-19-26-36-46-39(44)31-22-15-13-17-24-33-42(35-27-30-38(41)43)34-25-18-14-16-23-32-40(45)47-37(28-20-9-6-3)29-21-11-8-5-2/h37H,4-36H2,1-3H3,(H2,41,43). The summed E-state index contributed by atoms with van der Waals surface area (Å²) in [6.45, 7) is 10.2. The van der Waals surface area contributed by atoms with Crippen molar-refractivity contribution in [2.24, 2.45) is 5.73 Å². The Morgan fingerprint density at radius 2 is 0.915 bits per heavy atom. The molecule has 0 spiro atoms. The van der Waals surface area contributed by atoms with Crippen molar-refractivity contribution >= 4 is 17.8 Å². The molecule has 0 bridgehead atoms. The zero-order valence-corrected chi connectivity index (χ0v) is 31.5. The van der Waals surface area contributed by atoms with E-state index in [0.717, 1.165) is 129 Å². The molecule has 0 rings (SSSR count). The number of primary amides is 1. The van der Waals surface area contributed by atoms with E-state index < -0.39 is 0 Å². The third-order valence-corrected chi connectivity index (χ3v) is 9.18. The van der Waals surface area contributed by atoms with Crippen LogP contribution in [-0.4, -0.2) is 55.1 Å². The number of rotatable bonds is 37. The molecule has 2 N–H and O–H groups in total. The van der Waals surface area contributed by atoms with Gasteiger partial charge in [-0.25, -0.2) is 0 Å². The van der Waals surface area contributed by atoms with Gasteiger partial charge in [0.1, 0.15) is 6.10 Å². The molecule has 0 aromatic carbocycles. The molecule has 1 unspecified atom stereocenters. The van der Waals surface area contributed by atoms with E-state index in [-0.39, 0.29) is 23.9 Å². The molecule has 0 saturated heterocycles. The lowest BCUT2D eigenvalue weighted by Gasteiger charge is -2.22. The third-order valence-electron chi connectivity index (χ3n) is 9.18. The van der Waals surface area contributed by atoms with Gasteiger partial charge in [-0.3, -0.25) is 14.4 Å². The number of nitrogens with zero attached hydrogens (tertiary/aromatic N) is 1. The Hall–Kier alpha value is -1.63. The number of esters is 2. The van der Waals surface area contributed by atoms with Crippen LogP contribution in [0.1, 0.15) is 207 Å². The Morgan fingerprint density at radius 3 is 1.49 bits per heavy atom. The summed E-state index contributed by atoms with van der Waals surface area (Å²) in [5.41, 5.74) is 5.38. The highest BCUT2D eigenvalue weighted by molar-refractivity contribution is 5.73. The Kier molecular flexibility index (Phi) is 34.4. The summed E-state index contributed by atoms with van der Waals surface area (Å²) in [5.74, 6) is -0.275. The van der Waals surface area contributed by atoms with Gasteiger partial charge in [0.25, 0.3) is 0 Å². The first-order chi connectivity index (χ1) is 22.9. The molecule has 0 aromatic rings. The predicted molar refractivity (Wildman–Crippen MR) is 197 cm³/mol. The molecule has 7 heteroatoms. The fraction of sp³-hybridized carbons (Fsp3) is 0.925. The molecule has 1 amide bonds. The van der Waals surface area contributed by atoms with Gasteiger partial charge in [0.15, 0.2) is 0 Å². The molecular formula is C40H78N2O5. The van der Waals surface area contributed by atoms with E-state index in [1.165, 1.54) is 57.8 Å². The first-order valence-electron chi connectivity index (χ1n) is 20.3. The molecule has 0 aliphatic heterocycles. The van der Waals surface area contributed by atoms with Crippen LogP contribution >= 0.6 is 0 Å². The highest BCUT2D eigenvalue weighted by Gasteiger charge is 2.14. The average molecular weight is 667 g/mol. The van der Waals surface area contributed by atoms with E-state index in [4.69, 9.17) is 15.2 Å². The van der Waals surface area contributed by atoms with Crippen molar-refractivity contribution in [3.8, 4) is 0 Å². The zero-order valence-electron chi connectivity index (χ0n) is 31.5. The van der Waals surface area contributed by atoms with Crippen LogP contribution in [-0.2, 0) is 23.9 Å². The predicted octanol–water partition coefficient (Wildman–Crippen LogP) is 10.6. The number of nitrogens with two attached hydrogens (primary N) is 1. The maximum Gasteiger partial charge on any atom is 0.306 e. The highest BCUT2D eigenvalue weighted by atomic mass is 16.5. The van der Waals surface area contributed by atoms with E-state index in [1.807, 2.05) is 0 Å². The molecule has 1 atom stereocenters. The summed E-state index contributed by atoms with van der Waals surface area (Å²) >= 11 is 0. The monoisotopic (exact) mass is 667 g/mol. The second-order valence-corrected chi connectivity index (χ2v) is 13.9. The van der Waals surface area contributed by atoms with Gasteiger partial charge in [-0.05, 0) is 83.8 Å². The fourth-order valence-electron chi connectivity index (χ4n) is 6.15. The van der Waals surface area contributed by atoms with Crippen molar-refractivity contribution in [3.63, 3.8) is 0 Å². The number of hydrogen-bond donors (Lipinski definition) is 1. The second kappa shape index (κ2) is 35.7. The van der Waals surface area contributed by atoms with E-state index in [0.29, 0.717) is 25.9 Å². The summed E-state index contributed by atoms with van der Waals surface area (Å²) in [7, 11) is 0. The number of hydrogen-bond acceptors (Lipinski definition) is 6. The zero-order chi connectivity index (χ0) is 34.6. The molecular weight excluding hydrogens is 588 g/mol. The first-order valence-corrected chi connectivity index (χ1v) is 20.3. The summed E-state index contributed by atoms with van der Waals surface area (Å²) in [4.78, 5) is 38.2. The minimum Gasteiger partial charge on any atom is -0.466 e. The van der Waals surface area contributed by atoms with Crippen LogP contribution in [0.25, 0.3) is 0 Å². The van der Waals surface area contributed by atoms with Gasteiger partial charge in [0.2, 0.25) is 5.91 Å². The van der Waals surface area contributed by atoms with Crippen molar-refractivity contribution in [1.82, 2.24) is 4.90 Å². The molecule has 0 radical (unpaired) electrons. The minimum atomic E-state index is -0.224. The van der Waals surface area contributed by atoms with Crippen LogP contribution in [0.4, 0.5) is 0 Å². The van der Waals surface area contributed by atoms with Gasteiger partial charge in [-0.1, -0.05) is 124 Å². The summed E-state index contributed by atoms with van der Waals surface area (Å²) in [6.07, 6.45) is 31.0. The number of unbranched alkanes of at least 4 members (excludes halogenated alkanes) is 18. The molecule has 47 heavy (non-hydrogen) atoms. The van der Waals surface area contributed by atoms with E-state index >= 15 is 0 Å². The number of carbonyl (C=O) groups is 3. The summed E-state index contributed by atoms with van der Waals surface area (Å²) < 4.78 is 11.3. The van der Waals surface area contributed by atoms with Crippen molar-refractivity contribution in [2.45, 2.75) is 213 Å². The SMILES string of the molecule is CCCCCCCCOC(=O)CCCCCCCN(CCCCCCCC(=O)OC(CCCCC)CCCCCC)CCCC(N)=O. The Morgan fingerprint density at radius 1 is 0.489 bits per heavy atom. The largest absolute Gasteiger partial charge is 0.466 e. The normalized spacial score (nSPS) is 12.0. The minimum absolute atomic E-state index is 0.00829. The Bertz CT molecular complexity index is 717. The topological polar surface area (TPSA) is 98.9 Å². The van der Waals surface area contributed by atoms with Crippen molar-refractivity contribution in [1.29, 1.82) is 0 Å². The van der Waals surface area contributed by atoms with E-state index in [2.05, 4.69) is 25.7 Å². The lowest BCUT2D eigenvalue weighted by atomic mass is 10.0. The number of carbonyl (C=O) groups excluding carboxylic acids is 3. The van der Waals surface area contributed by atoms with E-state index in [9.17, 15) is 14.4 Å². The summed E-state index contributed by atoms with van der Waals surface area (Å²) in [5, 5.41) is 0. The maximum atomic E-state index is 12.5. The third kappa shape index (κ3) is 34.0. The Balaban J connectivity index is 4.07. The number of ether oxygens (including phenoxy) is 2. The second-order valence-electron chi connectivity index (χ2n) is 13.9. The summed E-state index contributed by atoms with van der Waals surface area (Å²) in [6, 6.07) is 0. The molecule has 278 valence electrons. The molecule has 0 heterocycles. The molecule has 0 aliphatic rings. The molecule has 7 nitrogen and oxygen atoms in total. The number of amides is 1. The molecule has 0 fully saturated rings. The average Bonchev–Trinajstić information content (AvgIpc) is 3.04. The van der Waals surface area contributed by atoms with E-state index in [1.54, 1.807) is 0 Å². The lowest BCUT2D eigenvalue weighted by molar-refractivity contribution is -0.150.